The maximum Gasteiger partial charge on any atom is 0.334 e. The second kappa shape index (κ2) is 3.57. The Balaban J connectivity index is 3.02. The Morgan fingerprint density at radius 3 is 1.50 bits per heavy atom. The number of amides is 4. The molecular weight excluding hydrogens is 184 g/mol. The highest BCUT2D eigenvalue weighted by atomic mass is 16.2. The summed E-state index contributed by atoms with van der Waals surface area (Å²) >= 11 is 0. The van der Waals surface area contributed by atoms with E-state index in [1.807, 2.05) is 0 Å². The molecule has 78 valence electrons. The number of urea groups is 2. The van der Waals surface area contributed by atoms with Crippen molar-refractivity contribution in [2.45, 2.75) is 25.9 Å². The van der Waals surface area contributed by atoms with Crippen molar-refractivity contribution in [2.24, 2.45) is 11.5 Å². The van der Waals surface area contributed by atoms with E-state index in [1.54, 1.807) is 26.0 Å². The van der Waals surface area contributed by atoms with E-state index in [1.165, 1.54) is 0 Å². The number of rotatable bonds is 0. The number of nitrogens with two attached hydrogens (primary N) is 2. The predicted octanol–water partition coefficient (Wildman–Crippen LogP) is 0.00960. The average molecular weight is 198 g/mol. The summed E-state index contributed by atoms with van der Waals surface area (Å²) in [5.41, 5.74) is 10.3. The lowest BCUT2D eigenvalue weighted by Crippen LogP contribution is -2.61. The zero-order chi connectivity index (χ0) is 10.9. The van der Waals surface area contributed by atoms with Crippen molar-refractivity contribution in [1.82, 2.24) is 10.0 Å². The monoisotopic (exact) mass is 198 g/mol. The number of hydrazine groups is 1. The molecular formula is C8H14N4O2. The first-order valence-corrected chi connectivity index (χ1v) is 4.30. The highest BCUT2D eigenvalue weighted by Gasteiger charge is 2.32. The van der Waals surface area contributed by atoms with E-state index in [0.717, 1.165) is 10.0 Å². The van der Waals surface area contributed by atoms with Gasteiger partial charge in [-0.15, -0.1) is 0 Å². The fourth-order valence-electron chi connectivity index (χ4n) is 1.49. The Hall–Kier alpha value is -1.72. The minimum atomic E-state index is -0.687. The molecule has 2 atom stereocenters. The Kier molecular flexibility index (Phi) is 2.64. The number of carbonyl (C=O) groups excluding carboxylic acids is 2. The largest absolute Gasteiger partial charge is 0.350 e. The van der Waals surface area contributed by atoms with Gasteiger partial charge in [-0.2, -0.15) is 0 Å². The van der Waals surface area contributed by atoms with Gasteiger partial charge in [-0.1, -0.05) is 12.2 Å². The third-order valence-electron chi connectivity index (χ3n) is 2.12. The quantitative estimate of drug-likeness (QED) is 0.536. The third kappa shape index (κ3) is 1.63. The molecule has 0 saturated heterocycles. The van der Waals surface area contributed by atoms with Crippen LogP contribution >= 0.6 is 0 Å². The van der Waals surface area contributed by atoms with Crippen molar-refractivity contribution in [2.75, 3.05) is 0 Å². The summed E-state index contributed by atoms with van der Waals surface area (Å²) in [6.07, 6.45) is 3.60. The summed E-state index contributed by atoms with van der Waals surface area (Å²) in [5.74, 6) is 0. The minimum absolute atomic E-state index is 0.254. The summed E-state index contributed by atoms with van der Waals surface area (Å²) in [7, 11) is 0. The van der Waals surface area contributed by atoms with Crippen molar-refractivity contribution >= 4 is 12.1 Å². The van der Waals surface area contributed by atoms with Gasteiger partial charge in [-0.05, 0) is 13.8 Å². The fourth-order valence-corrected chi connectivity index (χ4v) is 1.49. The second-order valence-corrected chi connectivity index (χ2v) is 3.23. The maximum atomic E-state index is 11.1. The van der Waals surface area contributed by atoms with E-state index in [-0.39, 0.29) is 12.1 Å². The summed E-state index contributed by atoms with van der Waals surface area (Å²) in [6.45, 7) is 3.51. The molecule has 6 heteroatoms. The zero-order valence-corrected chi connectivity index (χ0v) is 8.18. The van der Waals surface area contributed by atoms with Gasteiger partial charge in [0.1, 0.15) is 0 Å². The number of carbonyl (C=O) groups is 2. The molecule has 0 aromatic carbocycles. The molecule has 0 aromatic heterocycles. The van der Waals surface area contributed by atoms with Crippen LogP contribution in [-0.2, 0) is 0 Å². The first-order chi connectivity index (χ1) is 6.45. The molecule has 4 N–H and O–H groups in total. The lowest BCUT2D eigenvalue weighted by molar-refractivity contribution is 0.0166. The van der Waals surface area contributed by atoms with Gasteiger partial charge in [-0.3, -0.25) is 0 Å². The molecule has 1 aliphatic rings. The van der Waals surface area contributed by atoms with Gasteiger partial charge in [0, 0.05) is 0 Å². The normalized spacial score (nSPS) is 26.4. The molecule has 6 nitrogen and oxygen atoms in total. The van der Waals surface area contributed by atoms with Gasteiger partial charge < -0.3 is 11.5 Å². The zero-order valence-electron chi connectivity index (χ0n) is 8.18. The first kappa shape index (κ1) is 10.4. The fraction of sp³-hybridized carbons (Fsp3) is 0.500. The Morgan fingerprint density at radius 1 is 1.00 bits per heavy atom. The predicted molar refractivity (Wildman–Crippen MR) is 50.9 cm³/mol. The molecule has 14 heavy (non-hydrogen) atoms. The van der Waals surface area contributed by atoms with Gasteiger partial charge in [-0.25, -0.2) is 19.6 Å². The number of primary amides is 2. The molecule has 1 rings (SSSR count). The van der Waals surface area contributed by atoms with Crippen LogP contribution in [0.15, 0.2) is 12.2 Å². The van der Waals surface area contributed by atoms with E-state index >= 15 is 0 Å². The standard InChI is InChI=1S/C8H14N4O2/c1-5-3-4-6(2)12(8(10)14)11(5)7(9)13/h3-6H,1-2H3,(H2,9,13)(H2,10,14)/t5-,6+. The van der Waals surface area contributed by atoms with E-state index < -0.39 is 12.1 Å². The highest BCUT2D eigenvalue weighted by molar-refractivity contribution is 5.79. The lowest BCUT2D eigenvalue weighted by Gasteiger charge is -2.41. The van der Waals surface area contributed by atoms with Crippen LogP contribution in [0.4, 0.5) is 9.59 Å². The summed E-state index contributed by atoms with van der Waals surface area (Å²) in [5, 5.41) is 2.29. The van der Waals surface area contributed by atoms with Crippen LogP contribution in [0.1, 0.15) is 13.8 Å². The molecule has 0 spiro atoms. The topological polar surface area (TPSA) is 92.7 Å². The summed E-state index contributed by atoms with van der Waals surface area (Å²) in [4.78, 5) is 22.2. The van der Waals surface area contributed by atoms with E-state index in [2.05, 4.69) is 0 Å². The van der Waals surface area contributed by atoms with Gasteiger partial charge in [0.25, 0.3) is 0 Å². The molecule has 0 radical (unpaired) electrons. The third-order valence-corrected chi connectivity index (χ3v) is 2.12. The van der Waals surface area contributed by atoms with Gasteiger partial charge in [0.05, 0.1) is 12.1 Å². The van der Waals surface area contributed by atoms with Crippen molar-refractivity contribution in [3.8, 4) is 0 Å². The Labute approximate surface area is 82.1 Å². The number of hydrogen-bond acceptors (Lipinski definition) is 2. The van der Waals surface area contributed by atoms with E-state index in [4.69, 9.17) is 11.5 Å². The Bertz CT molecular complexity index is 261. The van der Waals surface area contributed by atoms with Crippen LogP contribution < -0.4 is 11.5 Å². The van der Waals surface area contributed by atoms with Crippen molar-refractivity contribution in [3.05, 3.63) is 12.2 Å². The van der Waals surface area contributed by atoms with Crippen LogP contribution in [-0.4, -0.2) is 34.2 Å². The molecule has 1 heterocycles. The molecule has 0 bridgehead atoms. The van der Waals surface area contributed by atoms with Gasteiger partial charge >= 0.3 is 12.1 Å². The molecule has 0 aliphatic carbocycles. The van der Waals surface area contributed by atoms with Crippen LogP contribution in [0.3, 0.4) is 0 Å². The summed E-state index contributed by atoms with van der Waals surface area (Å²) < 4.78 is 0. The summed E-state index contributed by atoms with van der Waals surface area (Å²) in [6, 6.07) is -1.88. The van der Waals surface area contributed by atoms with Crippen LogP contribution in [0.25, 0.3) is 0 Å². The highest BCUT2D eigenvalue weighted by Crippen LogP contribution is 2.16. The Morgan fingerprint density at radius 2 is 1.29 bits per heavy atom. The van der Waals surface area contributed by atoms with Crippen LogP contribution in [0.5, 0.6) is 0 Å². The molecule has 0 aromatic rings. The molecule has 0 unspecified atom stereocenters. The van der Waals surface area contributed by atoms with Crippen molar-refractivity contribution < 1.29 is 9.59 Å². The van der Waals surface area contributed by atoms with Gasteiger partial charge in [0.15, 0.2) is 0 Å². The molecule has 0 saturated carbocycles. The smallest absolute Gasteiger partial charge is 0.334 e. The lowest BCUT2D eigenvalue weighted by atomic mass is 10.2. The number of nitrogens with zero attached hydrogens (tertiary/aromatic N) is 2. The molecule has 0 fully saturated rings. The second-order valence-electron chi connectivity index (χ2n) is 3.23. The van der Waals surface area contributed by atoms with Crippen molar-refractivity contribution in [1.29, 1.82) is 0 Å². The van der Waals surface area contributed by atoms with Crippen LogP contribution in [0, 0.1) is 0 Å². The molecule has 1 aliphatic heterocycles. The van der Waals surface area contributed by atoms with Crippen molar-refractivity contribution in [3.63, 3.8) is 0 Å². The van der Waals surface area contributed by atoms with E-state index in [9.17, 15) is 9.59 Å². The maximum absolute atomic E-state index is 11.1. The van der Waals surface area contributed by atoms with Crippen LogP contribution in [0.2, 0.25) is 0 Å². The average Bonchev–Trinajstić information content (AvgIpc) is 2.07. The van der Waals surface area contributed by atoms with Gasteiger partial charge in [0.2, 0.25) is 0 Å². The number of hydrogen-bond donors (Lipinski definition) is 2. The molecule has 4 amide bonds. The SMILES string of the molecule is C[C@@H]1C=C[C@H](C)N(C(N)=O)N1C(N)=O. The minimum Gasteiger partial charge on any atom is -0.350 e. The van der Waals surface area contributed by atoms with E-state index in [0.29, 0.717) is 0 Å². The first-order valence-electron chi connectivity index (χ1n) is 4.30.